The van der Waals surface area contributed by atoms with Crippen LogP contribution in [0.4, 0.5) is 5.69 Å². The maximum atomic E-state index is 5.66. The van der Waals surface area contributed by atoms with Gasteiger partial charge in [-0.2, -0.15) is 0 Å². The molecule has 1 aliphatic rings. The first-order valence-electron chi connectivity index (χ1n) is 5.64. The average molecular weight is 346 g/mol. The first kappa shape index (κ1) is 14.3. The molecule has 0 spiro atoms. The van der Waals surface area contributed by atoms with Gasteiger partial charge in [0.15, 0.2) is 0 Å². The molecule has 1 atom stereocenters. The van der Waals surface area contributed by atoms with E-state index >= 15 is 0 Å². The molecule has 1 unspecified atom stereocenters. The smallest absolute Gasteiger partial charge is 0.289 e. The Hall–Kier alpha value is -0.780. The highest BCUT2D eigenvalue weighted by molar-refractivity contribution is 14.0. The van der Waals surface area contributed by atoms with Gasteiger partial charge in [0, 0.05) is 12.1 Å². The zero-order chi connectivity index (χ0) is 11.6. The first-order valence-corrected chi connectivity index (χ1v) is 5.64. The summed E-state index contributed by atoms with van der Waals surface area (Å²) < 4.78 is 5.66. The minimum atomic E-state index is -0.0468. The minimum Gasteiger partial charge on any atom is -0.462 e. The molecule has 0 saturated heterocycles. The van der Waals surface area contributed by atoms with E-state index in [1.54, 1.807) is 0 Å². The molecule has 4 heteroatoms. The average Bonchev–Trinajstić information content (AvgIpc) is 2.15. The summed E-state index contributed by atoms with van der Waals surface area (Å²) in [7, 11) is 0. The van der Waals surface area contributed by atoms with Gasteiger partial charge in [0.25, 0.3) is 6.02 Å². The Morgan fingerprint density at radius 3 is 2.53 bits per heavy atom. The van der Waals surface area contributed by atoms with Crippen molar-refractivity contribution in [2.24, 2.45) is 4.99 Å². The van der Waals surface area contributed by atoms with Crippen LogP contribution in [0.3, 0.4) is 0 Å². The summed E-state index contributed by atoms with van der Waals surface area (Å²) in [5.74, 6) is 0. The summed E-state index contributed by atoms with van der Waals surface area (Å²) >= 11 is 0. The van der Waals surface area contributed by atoms with E-state index in [0.29, 0.717) is 6.02 Å². The summed E-state index contributed by atoms with van der Waals surface area (Å²) in [6, 6.07) is 10.6. The molecule has 1 aromatic rings. The van der Waals surface area contributed by atoms with Gasteiger partial charge in [-0.1, -0.05) is 18.2 Å². The van der Waals surface area contributed by atoms with E-state index in [2.05, 4.69) is 31.1 Å². The van der Waals surface area contributed by atoms with Crippen LogP contribution in [0.15, 0.2) is 35.3 Å². The SMILES string of the molecule is CC1CC(C)(C)N=C(Nc2ccccc2)O1.I. The highest BCUT2D eigenvalue weighted by atomic mass is 127. The van der Waals surface area contributed by atoms with Crippen LogP contribution < -0.4 is 5.32 Å². The number of halogens is 1. The van der Waals surface area contributed by atoms with Gasteiger partial charge < -0.3 is 10.1 Å². The fourth-order valence-corrected chi connectivity index (χ4v) is 1.98. The van der Waals surface area contributed by atoms with Gasteiger partial charge in [-0.15, -0.1) is 24.0 Å². The first-order chi connectivity index (χ1) is 7.55. The molecule has 1 heterocycles. The Bertz CT molecular complexity index is 390. The lowest BCUT2D eigenvalue weighted by Crippen LogP contribution is -2.36. The van der Waals surface area contributed by atoms with E-state index in [1.165, 1.54) is 0 Å². The predicted octanol–water partition coefficient (Wildman–Crippen LogP) is 3.66. The lowest BCUT2D eigenvalue weighted by molar-refractivity contribution is 0.144. The highest BCUT2D eigenvalue weighted by Crippen LogP contribution is 2.24. The molecule has 0 saturated carbocycles. The molecule has 1 N–H and O–H groups in total. The number of anilines is 1. The second-order valence-electron chi connectivity index (χ2n) is 4.85. The van der Waals surface area contributed by atoms with Crippen molar-refractivity contribution in [2.75, 3.05) is 5.32 Å². The van der Waals surface area contributed by atoms with Crippen LogP contribution >= 0.6 is 24.0 Å². The van der Waals surface area contributed by atoms with E-state index in [0.717, 1.165) is 12.1 Å². The molecular weight excluding hydrogens is 327 g/mol. The van der Waals surface area contributed by atoms with E-state index in [1.807, 2.05) is 30.3 Å². The number of rotatable bonds is 1. The predicted molar refractivity (Wildman–Crippen MR) is 82.2 cm³/mol. The number of nitrogens with zero attached hydrogens (tertiary/aromatic N) is 1. The maximum absolute atomic E-state index is 5.66. The molecule has 0 aromatic heterocycles. The molecule has 0 amide bonds. The van der Waals surface area contributed by atoms with Crippen LogP contribution in [0.1, 0.15) is 27.2 Å². The van der Waals surface area contributed by atoms with Crippen molar-refractivity contribution in [1.29, 1.82) is 0 Å². The van der Waals surface area contributed by atoms with Crippen LogP contribution in [-0.2, 0) is 4.74 Å². The van der Waals surface area contributed by atoms with Crippen molar-refractivity contribution >= 4 is 35.7 Å². The lowest BCUT2D eigenvalue weighted by atomic mass is 9.97. The van der Waals surface area contributed by atoms with Gasteiger partial charge >= 0.3 is 0 Å². The van der Waals surface area contributed by atoms with Gasteiger partial charge in [-0.3, -0.25) is 0 Å². The lowest BCUT2D eigenvalue weighted by Gasteiger charge is -2.31. The largest absolute Gasteiger partial charge is 0.462 e. The van der Waals surface area contributed by atoms with E-state index in [4.69, 9.17) is 4.74 Å². The minimum absolute atomic E-state index is 0. The van der Waals surface area contributed by atoms with Crippen molar-refractivity contribution < 1.29 is 4.74 Å². The standard InChI is InChI=1S/C13H18N2O.HI/c1-10-9-13(2,3)15-12(16-10)14-11-7-5-4-6-8-11;/h4-8,10H,9H2,1-3H3,(H,14,15);1H. The third-order valence-electron chi connectivity index (χ3n) is 2.53. The second kappa shape index (κ2) is 5.71. The molecule has 0 radical (unpaired) electrons. The van der Waals surface area contributed by atoms with Gasteiger partial charge in [0.05, 0.1) is 5.54 Å². The van der Waals surface area contributed by atoms with E-state index in [9.17, 15) is 0 Å². The molecular formula is C13H19IN2O. The van der Waals surface area contributed by atoms with Crippen molar-refractivity contribution in [3.05, 3.63) is 30.3 Å². The van der Waals surface area contributed by atoms with Crippen molar-refractivity contribution in [1.82, 2.24) is 0 Å². The zero-order valence-corrected chi connectivity index (χ0v) is 12.8. The number of para-hydroxylation sites is 1. The molecule has 2 rings (SSSR count). The summed E-state index contributed by atoms with van der Waals surface area (Å²) in [6.45, 7) is 6.32. The van der Waals surface area contributed by atoms with Crippen LogP contribution in [0.2, 0.25) is 0 Å². The fraction of sp³-hybridized carbons (Fsp3) is 0.462. The third-order valence-corrected chi connectivity index (χ3v) is 2.53. The number of amidine groups is 1. The molecule has 0 bridgehead atoms. The zero-order valence-electron chi connectivity index (χ0n) is 10.4. The summed E-state index contributed by atoms with van der Waals surface area (Å²) in [4.78, 5) is 4.54. The van der Waals surface area contributed by atoms with Gasteiger partial charge in [-0.25, -0.2) is 4.99 Å². The van der Waals surface area contributed by atoms with Crippen molar-refractivity contribution in [2.45, 2.75) is 38.8 Å². The number of aliphatic imine (C=N–C) groups is 1. The van der Waals surface area contributed by atoms with Crippen LogP contribution in [0.5, 0.6) is 0 Å². The van der Waals surface area contributed by atoms with Crippen LogP contribution in [-0.4, -0.2) is 17.7 Å². The normalized spacial score (nSPS) is 21.8. The number of nitrogens with one attached hydrogen (secondary N) is 1. The molecule has 0 aliphatic carbocycles. The number of ether oxygens (including phenoxy) is 1. The Balaban J connectivity index is 0.00000144. The quantitative estimate of drug-likeness (QED) is 0.788. The number of hydrogen-bond donors (Lipinski definition) is 1. The number of hydrogen-bond acceptors (Lipinski definition) is 3. The topological polar surface area (TPSA) is 33.6 Å². The van der Waals surface area contributed by atoms with Gasteiger partial charge in [-0.05, 0) is 32.9 Å². The van der Waals surface area contributed by atoms with Crippen molar-refractivity contribution in [3.63, 3.8) is 0 Å². The Morgan fingerprint density at radius 1 is 1.29 bits per heavy atom. The molecule has 0 fully saturated rings. The van der Waals surface area contributed by atoms with E-state index < -0.39 is 0 Å². The number of benzene rings is 1. The van der Waals surface area contributed by atoms with E-state index in [-0.39, 0.29) is 35.6 Å². The van der Waals surface area contributed by atoms with Crippen molar-refractivity contribution in [3.8, 4) is 0 Å². The Kier molecular flexibility index (Phi) is 4.80. The van der Waals surface area contributed by atoms with Crippen LogP contribution in [0, 0.1) is 0 Å². The monoisotopic (exact) mass is 346 g/mol. The molecule has 3 nitrogen and oxygen atoms in total. The summed E-state index contributed by atoms with van der Waals surface area (Å²) in [5.41, 5.74) is 0.959. The summed E-state index contributed by atoms with van der Waals surface area (Å²) in [5, 5.41) is 3.19. The molecule has 1 aliphatic heterocycles. The Morgan fingerprint density at radius 2 is 1.94 bits per heavy atom. The fourth-order valence-electron chi connectivity index (χ4n) is 1.98. The molecule has 1 aromatic carbocycles. The third kappa shape index (κ3) is 4.18. The molecule has 94 valence electrons. The highest BCUT2D eigenvalue weighted by Gasteiger charge is 2.28. The summed E-state index contributed by atoms with van der Waals surface area (Å²) in [6.07, 6.45) is 1.16. The van der Waals surface area contributed by atoms with Gasteiger partial charge in [0.1, 0.15) is 6.10 Å². The second-order valence-corrected chi connectivity index (χ2v) is 4.85. The van der Waals surface area contributed by atoms with Crippen LogP contribution in [0.25, 0.3) is 0 Å². The maximum Gasteiger partial charge on any atom is 0.289 e. The van der Waals surface area contributed by atoms with Gasteiger partial charge in [0.2, 0.25) is 0 Å². The molecule has 17 heavy (non-hydrogen) atoms. The Labute approximate surface area is 120 Å².